The molecular formula is C18H16N4OS. The van der Waals surface area contributed by atoms with Gasteiger partial charge >= 0.3 is 0 Å². The number of carbonyl (C=O) groups excluding carboxylic acids is 1. The fourth-order valence-electron chi connectivity index (χ4n) is 4.06. The van der Waals surface area contributed by atoms with Crippen LogP contribution >= 0.6 is 11.3 Å². The van der Waals surface area contributed by atoms with Crippen molar-refractivity contribution in [1.82, 2.24) is 19.9 Å². The van der Waals surface area contributed by atoms with E-state index in [9.17, 15) is 4.79 Å². The maximum Gasteiger partial charge on any atom is 0.254 e. The molecule has 1 amide bonds. The fourth-order valence-corrected chi connectivity index (χ4v) is 4.92. The number of benzene rings is 1. The van der Waals surface area contributed by atoms with Gasteiger partial charge < -0.3 is 4.90 Å². The summed E-state index contributed by atoms with van der Waals surface area (Å²) < 4.78 is 1.08. The van der Waals surface area contributed by atoms with Crippen LogP contribution in [0, 0.1) is 6.92 Å². The van der Waals surface area contributed by atoms with Crippen molar-refractivity contribution in [2.75, 3.05) is 0 Å². The van der Waals surface area contributed by atoms with Crippen molar-refractivity contribution >= 4 is 27.5 Å². The normalized spacial score (nSPS) is 22.0. The monoisotopic (exact) mass is 336 g/mol. The van der Waals surface area contributed by atoms with Gasteiger partial charge in [-0.2, -0.15) is 0 Å². The van der Waals surface area contributed by atoms with Gasteiger partial charge in [0, 0.05) is 29.8 Å². The number of aryl methyl sites for hydroxylation is 1. The zero-order valence-electron chi connectivity index (χ0n) is 13.3. The van der Waals surface area contributed by atoms with Gasteiger partial charge in [-0.25, -0.2) is 15.0 Å². The van der Waals surface area contributed by atoms with Gasteiger partial charge in [0.05, 0.1) is 27.0 Å². The number of rotatable bonds is 1. The second-order valence-corrected chi connectivity index (χ2v) is 7.74. The van der Waals surface area contributed by atoms with Crippen LogP contribution in [-0.2, 0) is 6.42 Å². The third kappa shape index (κ3) is 1.99. The molecule has 2 aromatic heterocycles. The van der Waals surface area contributed by atoms with Crippen LogP contribution in [0.3, 0.4) is 0 Å². The minimum absolute atomic E-state index is 0.116. The first-order valence-electron chi connectivity index (χ1n) is 8.19. The summed E-state index contributed by atoms with van der Waals surface area (Å²) in [5.74, 6) is 0.116. The number of hydrogen-bond donors (Lipinski definition) is 0. The molecule has 5 rings (SSSR count). The Morgan fingerprint density at radius 1 is 1.33 bits per heavy atom. The molecule has 2 aliphatic heterocycles. The second kappa shape index (κ2) is 5.08. The van der Waals surface area contributed by atoms with Crippen LogP contribution in [0.25, 0.3) is 10.2 Å². The molecular weight excluding hydrogens is 320 g/mol. The molecule has 5 nitrogen and oxygen atoms in total. The number of carbonyl (C=O) groups is 1. The second-order valence-electron chi connectivity index (χ2n) is 6.50. The fraction of sp³-hybridized carbons (Fsp3) is 0.333. The number of thiazole rings is 1. The minimum Gasteiger partial charge on any atom is -0.328 e. The molecule has 3 aromatic rings. The Bertz CT molecular complexity index is 967. The highest BCUT2D eigenvalue weighted by Gasteiger charge is 2.43. The van der Waals surface area contributed by atoms with Gasteiger partial charge in [0.2, 0.25) is 0 Å². The van der Waals surface area contributed by atoms with Crippen molar-refractivity contribution < 1.29 is 4.79 Å². The van der Waals surface area contributed by atoms with Crippen LogP contribution in [-0.4, -0.2) is 31.8 Å². The number of fused-ring (bicyclic) bond motifs is 5. The maximum atomic E-state index is 13.2. The summed E-state index contributed by atoms with van der Waals surface area (Å²) in [6.07, 6.45) is 6.36. The Kier molecular flexibility index (Phi) is 2.97. The summed E-state index contributed by atoms with van der Waals surface area (Å²) in [6, 6.07) is 6.21. The van der Waals surface area contributed by atoms with E-state index in [-0.39, 0.29) is 18.0 Å². The number of nitrogens with zero attached hydrogens (tertiary/aromatic N) is 4. The highest BCUT2D eigenvalue weighted by molar-refractivity contribution is 7.18. The molecule has 2 bridgehead atoms. The molecule has 0 N–H and O–H groups in total. The van der Waals surface area contributed by atoms with Crippen LogP contribution in [0.5, 0.6) is 0 Å². The lowest BCUT2D eigenvalue weighted by Gasteiger charge is -2.35. The van der Waals surface area contributed by atoms with Crippen LogP contribution in [0.2, 0.25) is 0 Å². The van der Waals surface area contributed by atoms with Gasteiger partial charge in [-0.1, -0.05) is 0 Å². The van der Waals surface area contributed by atoms with Crippen LogP contribution < -0.4 is 0 Å². The summed E-state index contributed by atoms with van der Waals surface area (Å²) in [5.41, 5.74) is 3.95. The first kappa shape index (κ1) is 14.0. The lowest BCUT2D eigenvalue weighted by Crippen LogP contribution is -2.42. The zero-order chi connectivity index (χ0) is 16.3. The lowest BCUT2D eigenvalue weighted by molar-refractivity contribution is 0.0644. The van der Waals surface area contributed by atoms with E-state index >= 15 is 0 Å². The topological polar surface area (TPSA) is 59.0 Å². The van der Waals surface area contributed by atoms with E-state index in [4.69, 9.17) is 0 Å². The van der Waals surface area contributed by atoms with Crippen LogP contribution in [0.1, 0.15) is 45.5 Å². The van der Waals surface area contributed by atoms with E-state index < -0.39 is 0 Å². The summed E-state index contributed by atoms with van der Waals surface area (Å²) in [7, 11) is 0. The largest absolute Gasteiger partial charge is 0.328 e. The Hall–Kier alpha value is -2.34. The van der Waals surface area contributed by atoms with Crippen molar-refractivity contribution in [1.29, 1.82) is 0 Å². The first-order valence-corrected chi connectivity index (χ1v) is 9.01. The molecule has 2 unspecified atom stereocenters. The predicted molar refractivity (Wildman–Crippen MR) is 92.0 cm³/mol. The summed E-state index contributed by atoms with van der Waals surface area (Å²) in [6.45, 7) is 1.99. The molecule has 2 aliphatic rings. The van der Waals surface area contributed by atoms with Crippen molar-refractivity contribution in [2.45, 2.75) is 38.3 Å². The Balaban J connectivity index is 1.55. The molecule has 24 heavy (non-hydrogen) atoms. The molecule has 0 aliphatic carbocycles. The third-order valence-electron chi connectivity index (χ3n) is 5.09. The van der Waals surface area contributed by atoms with Crippen molar-refractivity contribution in [3.8, 4) is 0 Å². The highest BCUT2D eigenvalue weighted by Crippen LogP contribution is 2.43. The third-order valence-corrected chi connectivity index (χ3v) is 6.03. The molecule has 1 aromatic carbocycles. The summed E-state index contributed by atoms with van der Waals surface area (Å²) >= 11 is 1.63. The van der Waals surface area contributed by atoms with E-state index in [2.05, 4.69) is 19.9 Å². The van der Waals surface area contributed by atoms with Crippen LogP contribution in [0.4, 0.5) is 0 Å². The standard InChI is InChI=1S/C18H16N4OS/c1-10-21-14-4-2-11(6-17(14)24-10)18(23)22-12-3-5-16(22)13-8-19-9-20-15(13)7-12/h2,4,6,8-9,12,16H,3,5,7H2,1H3. The summed E-state index contributed by atoms with van der Waals surface area (Å²) in [4.78, 5) is 28.3. The molecule has 0 radical (unpaired) electrons. The van der Waals surface area contributed by atoms with Crippen molar-refractivity contribution in [2.24, 2.45) is 0 Å². The molecule has 0 spiro atoms. The average molecular weight is 336 g/mol. The Labute approximate surface area is 143 Å². The molecule has 6 heteroatoms. The van der Waals surface area contributed by atoms with Gasteiger partial charge in [-0.05, 0) is 38.0 Å². The Morgan fingerprint density at radius 2 is 2.25 bits per heavy atom. The van der Waals surface area contributed by atoms with E-state index in [1.54, 1.807) is 17.7 Å². The molecule has 0 saturated carbocycles. The van der Waals surface area contributed by atoms with Gasteiger partial charge in [-0.3, -0.25) is 4.79 Å². The van der Waals surface area contributed by atoms with Gasteiger partial charge in [-0.15, -0.1) is 11.3 Å². The number of hydrogen-bond acceptors (Lipinski definition) is 5. The van der Waals surface area contributed by atoms with Gasteiger partial charge in [0.15, 0.2) is 0 Å². The zero-order valence-corrected chi connectivity index (χ0v) is 14.1. The molecule has 2 atom stereocenters. The SMILES string of the molecule is Cc1nc2ccc(C(=O)N3C4CCC3c3cncnc3C4)cc2s1. The van der Waals surface area contributed by atoms with E-state index in [1.165, 1.54) is 0 Å². The highest BCUT2D eigenvalue weighted by atomic mass is 32.1. The molecule has 4 heterocycles. The van der Waals surface area contributed by atoms with E-state index in [1.807, 2.05) is 31.3 Å². The smallest absolute Gasteiger partial charge is 0.254 e. The Morgan fingerprint density at radius 3 is 3.17 bits per heavy atom. The first-order chi connectivity index (χ1) is 11.7. The predicted octanol–water partition coefficient (Wildman–Crippen LogP) is 3.30. The summed E-state index contributed by atoms with van der Waals surface area (Å²) in [5, 5.41) is 1.03. The van der Waals surface area contributed by atoms with Gasteiger partial charge in [0.1, 0.15) is 6.33 Å². The van der Waals surface area contributed by atoms with Crippen molar-refractivity contribution in [3.05, 3.63) is 52.6 Å². The molecule has 1 fully saturated rings. The van der Waals surface area contributed by atoms with Gasteiger partial charge in [0.25, 0.3) is 5.91 Å². The number of amides is 1. The van der Waals surface area contributed by atoms with E-state index in [0.29, 0.717) is 0 Å². The minimum atomic E-state index is 0.116. The quantitative estimate of drug-likeness (QED) is 0.684. The molecule has 120 valence electrons. The lowest BCUT2D eigenvalue weighted by atomic mass is 9.98. The number of aromatic nitrogens is 3. The maximum absolute atomic E-state index is 13.2. The average Bonchev–Trinajstić information content (AvgIpc) is 3.11. The van der Waals surface area contributed by atoms with Crippen molar-refractivity contribution in [3.63, 3.8) is 0 Å². The van der Waals surface area contributed by atoms with E-state index in [0.717, 1.165) is 51.3 Å². The van der Waals surface area contributed by atoms with Crippen LogP contribution in [0.15, 0.2) is 30.7 Å². The molecule has 1 saturated heterocycles.